The summed E-state index contributed by atoms with van der Waals surface area (Å²) < 4.78 is 0. The van der Waals surface area contributed by atoms with Gasteiger partial charge in [-0.3, -0.25) is 19.2 Å². The first-order valence-electron chi connectivity index (χ1n) is 10.0. The van der Waals surface area contributed by atoms with E-state index in [9.17, 15) is 24.0 Å². The molecule has 0 aliphatic carbocycles. The highest BCUT2D eigenvalue weighted by Crippen LogP contribution is 2.19. The Balaban J connectivity index is 2.90. The largest absolute Gasteiger partial charge is 0.481 e. The van der Waals surface area contributed by atoms with Crippen LogP contribution in [0.2, 0.25) is 0 Å². The number of amides is 3. The molecular weight excluding hydrogens is 414 g/mol. The molecule has 3 amide bonds. The Bertz CT molecular complexity index is 673. The summed E-state index contributed by atoms with van der Waals surface area (Å²) in [7, 11) is 0. The van der Waals surface area contributed by atoms with Crippen molar-refractivity contribution in [3.8, 4) is 0 Å². The van der Waals surface area contributed by atoms with Crippen LogP contribution in [0.5, 0.6) is 0 Å². The van der Waals surface area contributed by atoms with E-state index in [0.29, 0.717) is 32.2 Å². The molecule has 13 nitrogen and oxygen atoms in total. The standard InChI is InChI=1S/C18H31N5O8/c19-6-2-1-4-11(15(27)22-12(18(30)31)8-14(25)26)21-16(28)13-5-3-7-23(13)17(29)10(20)9-24/h10-13,24H,1-9,19-20H2,(H,21,28)(H,22,27)(H,25,26)(H,30,31). The highest BCUT2D eigenvalue weighted by Gasteiger charge is 2.37. The van der Waals surface area contributed by atoms with Gasteiger partial charge in [0.2, 0.25) is 17.7 Å². The molecule has 0 bridgehead atoms. The normalized spacial score (nSPS) is 18.7. The Morgan fingerprint density at radius 2 is 1.74 bits per heavy atom. The second-order valence-electron chi connectivity index (χ2n) is 7.32. The Morgan fingerprint density at radius 1 is 1.06 bits per heavy atom. The molecule has 0 radical (unpaired) electrons. The van der Waals surface area contributed by atoms with Gasteiger partial charge in [-0.05, 0) is 38.6 Å². The lowest BCUT2D eigenvalue weighted by atomic mass is 10.1. The molecule has 0 aromatic carbocycles. The van der Waals surface area contributed by atoms with Crippen molar-refractivity contribution in [1.82, 2.24) is 15.5 Å². The van der Waals surface area contributed by atoms with E-state index in [1.165, 1.54) is 4.90 Å². The van der Waals surface area contributed by atoms with Crippen molar-refractivity contribution in [2.75, 3.05) is 19.7 Å². The van der Waals surface area contributed by atoms with Gasteiger partial charge in [-0.2, -0.15) is 0 Å². The summed E-state index contributed by atoms with van der Waals surface area (Å²) in [5.74, 6) is -4.97. The number of hydrogen-bond donors (Lipinski definition) is 7. The fourth-order valence-corrected chi connectivity index (χ4v) is 3.27. The van der Waals surface area contributed by atoms with E-state index in [1.54, 1.807) is 0 Å². The maximum Gasteiger partial charge on any atom is 0.326 e. The summed E-state index contributed by atoms with van der Waals surface area (Å²) in [5.41, 5.74) is 11.0. The maximum absolute atomic E-state index is 12.8. The number of nitrogens with one attached hydrogen (secondary N) is 2. The predicted molar refractivity (Wildman–Crippen MR) is 106 cm³/mol. The van der Waals surface area contributed by atoms with Crippen LogP contribution in [-0.4, -0.2) is 93.7 Å². The zero-order valence-electron chi connectivity index (χ0n) is 17.2. The molecule has 0 spiro atoms. The van der Waals surface area contributed by atoms with E-state index in [4.69, 9.17) is 26.8 Å². The molecule has 1 saturated heterocycles. The Morgan fingerprint density at radius 3 is 2.29 bits per heavy atom. The molecule has 4 atom stereocenters. The lowest BCUT2D eigenvalue weighted by Gasteiger charge is -2.28. The van der Waals surface area contributed by atoms with Crippen LogP contribution in [-0.2, 0) is 24.0 Å². The van der Waals surface area contributed by atoms with Crippen molar-refractivity contribution in [1.29, 1.82) is 0 Å². The molecule has 0 aromatic rings. The van der Waals surface area contributed by atoms with Gasteiger partial charge in [0.15, 0.2) is 0 Å². The van der Waals surface area contributed by atoms with Crippen molar-refractivity contribution < 1.29 is 39.3 Å². The van der Waals surface area contributed by atoms with Crippen LogP contribution in [0.15, 0.2) is 0 Å². The van der Waals surface area contributed by atoms with E-state index in [2.05, 4.69) is 10.6 Å². The van der Waals surface area contributed by atoms with Gasteiger partial charge in [0.05, 0.1) is 13.0 Å². The Kier molecular flexibility index (Phi) is 10.9. The van der Waals surface area contributed by atoms with Crippen LogP contribution in [0.25, 0.3) is 0 Å². The van der Waals surface area contributed by atoms with E-state index in [0.717, 1.165) is 0 Å². The van der Waals surface area contributed by atoms with Crippen LogP contribution in [0.1, 0.15) is 38.5 Å². The fraction of sp³-hybridized carbons (Fsp3) is 0.722. The summed E-state index contributed by atoms with van der Waals surface area (Å²) in [6.07, 6.45) is 1.19. The zero-order chi connectivity index (χ0) is 23.6. The van der Waals surface area contributed by atoms with Gasteiger partial charge < -0.3 is 42.3 Å². The van der Waals surface area contributed by atoms with Crippen molar-refractivity contribution in [3.63, 3.8) is 0 Å². The zero-order valence-corrected chi connectivity index (χ0v) is 17.2. The third-order valence-corrected chi connectivity index (χ3v) is 4.93. The number of carbonyl (C=O) groups is 5. The third-order valence-electron chi connectivity index (χ3n) is 4.93. The first kappa shape index (κ1) is 26.3. The lowest BCUT2D eigenvalue weighted by Crippen LogP contribution is -2.57. The number of aliphatic carboxylic acids is 2. The number of carbonyl (C=O) groups excluding carboxylic acids is 3. The fourth-order valence-electron chi connectivity index (χ4n) is 3.27. The summed E-state index contributed by atoms with van der Waals surface area (Å²) in [6.45, 7) is 0.0469. The number of hydrogen-bond acceptors (Lipinski definition) is 8. The van der Waals surface area contributed by atoms with Gasteiger partial charge in [-0.25, -0.2) is 4.79 Å². The van der Waals surface area contributed by atoms with Crippen molar-refractivity contribution in [2.45, 2.75) is 62.7 Å². The van der Waals surface area contributed by atoms with Gasteiger partial charge in [-0.15, -0.1) is 0 Å². The number of aliphatic hydroxyl groups excluding tert-OH is 1. The van der Waals surface area contributed by atoms with Gasteiger partial charge in [0.25, 0.3) is 0 Å². The summed E-state index contributed by atoms with van der Waals surface area (Å²) >= 11 is 0. The number of rotatable bonds is 13. The average molecular weight is 445 g/mol. The minimum absolute atomic E-state index is 0.144. The molecule has 0 aromatic heterocycles. The molecule has 176 valence electrons. The minimum Gasteiger partial charge on any atom is -0.481 e. The molecule has 13 heteroatoms. The number of nitrogens with zero attached hydrogens (tertiary/aromatic N) is 1. The predicted octanol–water partition coefficient (Wildman–Crippen LogP) is -3.05. The number of likely N-dealkylation sites (tertiary alicyclic amines) is 1. The summed E-state index contributed by atoms with van der Waals surface area (Å²) in [5, 5.41) is 31.7. The SMILES string of the molecule is NCCCCC(NC(=O)C1CCCN1C(=O)C(N)CO)C(=O)NC(CC(=O)O)C(=O)O. The number of unbranched alkanes of at least 4 members (excludes halogenated alkanes) is 1. The van der Waals surface area contributed by atoms with Crippen molar-refractivity contribution in [2.24, 2.45) is 11.5 Å². The number of carboxylic acids is 2. The minimum atomic E-state index is -1.66. The van der Waals surface area contributed by atoms with Crippen LogP contribution >= 0.6 is 0 Å². The quantitative estimate of drug-likeness (QED) is 0.142. The molecule has 0 saturated carbocycles. The summed E-state index contributed by atoms with van der Waals surface area (Å²) in [4.78, 5) is 61.0. The van der Waals surface area contributed by atoms with Gasteiger partial charge in [-0.1, -0.05) is 0 Å². The molecule has 1 heterocycles. The first-order valence-corrected chi connectivity index (χ1v) is 10.0. The van der Waals surface area contributed by atoms with Gasteiger partial charge in [0.1, 0.15) is 24.2 Å². The molecular formula is C18H31N5O8. The maximum atomic E-state index is 12.8. The molecule has 31 heavy (non-hydrogen) atoms. The molecule has 1 fully saturated rings. The smallest absolute Gasteiger partial charge is 0.326 e. The van der Waals surface area contributed by atoms with E-state index in [1.807, 2.05) is 0 Å². The summed E-state index contributed by atoms with van der Waals surface area (Å²) in [6, 6.07) is -4.85. The van der Waals surface area contributed by atoms with E-state index in [-0.39, 0.29) is 13.0 Å². The third kappa shape index (κ3) is 8.11. The van der Waals surface area contributed by atoms with E-state index >= 15 is 0 Å². The van der Waals surface area contributed by atoms with Crippen molar-refractivity contribution >= 4 is 29.7 Å². The van der Waals surface area contributed by atoms with Crippen molar-refractivity contribution in [3.05, 3.63) is 0 Å². The number of nitrogens with two attached hydrogens (primary N) is 2. The number of carboxylic acid groups (broad SMARTS) is 2. The lowest BCUT2D eigenvalue weighted by molar-refractivity contribution is -0.147. The Hall–Kier alpha value is -2.77. The molecule has 1 aliphatic rings. The van der Waals surface area contributed by atoms with Gasteiger partial charge >= 0.3 is 11.9 Å². The monoisotopic (exact) mass is 445 g/mol. The van der Waals surface area contributed by atoms with E-state index < -0.39 is 66.9 Å². The second-order valence-corrected chi connectivity index (χ2v) is 7.32. The second kappa shape index (κ2) is 12.8. The van der Waals surface area contributed by atoms with Crippen LogP contribution in [0, 0.1) is 0 Å². The average Bonchev–Trinajstić information content (AvgIpc) is 3.20. The molecule has 1 aliphatic heterocycles. The highest BCUT2D eigenvalue weighted by atomic mass is 16.4. The topological polar surface area (TPSA) is 225 Å². The first-order chi connectivity index (χ1) is 14.6. The van der Waals surface area contributed by atoms with Crippen LogP contribution in [0.4, 0.5) is 0 Å². The van der Waals surface area contributed by atoms with Gasteiger partial charge in [0, 0.05) is 6.54 Å². The van der Waals surface area contributed by atoms with Crippen LogP contribution < -0.4 is 22.1 Å². The highest BCUT2D eigenvalue weighted by molar-refractivity contribution is 5.94. The number of aliphatic hydroxyl groups is 1. The molecule has 4 unspecified atom stereocenters. The molecule has 9 N–H and O–H groups in total. The molecule has 1 rings (SSSR count). The Labute approximate surface area is 179 Å². The van der Waals surface area contributed by atoms with Crippen LogP contribution in [0.3, 0.4) is 0 Å².